The quantitative estimate of drug-likeness (QED) is 0.933. The third-order valence-electron chi connectivity index (χ3n) is 4.08. The first-order valence-electron chi connectivity index (χ1n) is 7.84. The molecule has 0 bridgehead atoms. The van der Waals surface area contributed by atoms with Crippen molar-refractivity contribution in [2.24, 2.45) is 11.7 Å². The molecule has 21 heavy (non-hydrogen) atoms. The van der Waals surface area contributed by atoms with Gasteiger partial charge in [-0.1, -0.05) is 38.1 Å². The summed E-state index contributed by atoms with van der Waals surface area (Å²) in [6.07, 6.45) is 6.21. The maximum Gasteiger partial charge on any atom is 0.159 e. The number of hydrogen-bond donors (Lipinski definition) is 1. The molecule has 1 aromatic carbocycles. The van der Waals surface area contributed by atoms with Crippen molar-refractivity contribution in [1.29, 1.82) is 0 Å². The van der Waals surface area contributed by atoms with Crippen molar-refractivity contribution in [3.63, 3.8) is 0 Å². The number of hydrogen-bond acceptors (Lipinski definition) is 3. The molecule has 3 heteroatoms. The van der Waals surface area contributed by atoms with E-state index >= 15 is 0 Å². The lowest BCUT2D eigenvalue weighted by Crippen LogP contribution is -2.19. The molecule has 0 spiro atoms. The van der Waals surface area contributed by atoms with Crippen LogP contribution in [0.1, 0.15) is 49.6 Å². The van der Waals surface area contributed by atoms with Crippen LogP contribution in [0.15, 0.2) is 30.5 Å². The SMILES string of the molecule is CC(C)Cc1ccc(-c2ncc3c(n2)CCCC3N)cc1. The summed E-state index contributed by atoms with van der Waals surface area (Å²) in [7, 11) is 0. The number of nitrogens with two attached hydrogens (primary N) is 1. The Balaban J connectivity index is 1.87. The maximum absolute atomic E-state index is 6.12. The summed E-state index contributed by atoms with van der Waals surface area (Å²) in [4.78, 5) is 9.25. The van der Waals surface area contributed by atoms with Gasteiger partial charge in [0.1, 0.15) is 0 Å². The van der Waals surface area contributed by atoms with Gasteiger partial charge in [0, 0.05) is 29.1 Å². The second-order valence-corrected chi connectivity index (χ2v) is 6.39. The van der Waals surface area contributed by atoms with Gasteiger partial charge in [-0.2, -0.15) is 0 Å². The summed E-state index contributed by atoms with van der Waals surface area (Å²) in [5.74, 6) is 1.50. The zero-order valence-electron chi connectivity index (χ0n) is 12.8. The fraction of sp³-hybridized carbons (Fsp3) is 0.444. The Labute approximate surface area is 126 Å². The first kappa shape index (κ1) is 14.2. The maximum atomic E-state index is 6.12. The monoisotopic (exact) mass is 281 g/mol. The molecule has 1 heterocycles. The second kappa shape index (κ2) is 5.94. The van der Waals surface area contributed by atoms with Crippen molar-refractivity contribution in [2.45, 2.75) is 45.6 Å². The molecule has 0 amide bonds. The van der Waals surface area contributed by atoms with Crippen LogP contribution in [0.3, 0.4) is 0 Å². The van der Waals surface area contributed by atoms with Gasteiger partial charge in [-0.05, 0) is 37.2 Å². The average Bonchev–Trinajstić information content (AvgIpc) is 2.47. The molecule has 1 atom stereocenters. The lowest BCUT2D eigenvalue weighted by molar-refractivity contribution is 0.557. The van der Waals surface area contributed by atoms with Crippen LogP contribution in [-0.4, -0.2) is 9.97 Å². The zero-order chi connectivity index (χ0) is 14.8. The fourth-order valence-electron chi connectivity index (χ4n) is 2.98. The number of aromatic nitrogens is 2. The highest BCUT2D eigenvalue weighted by Gasteiger charge is 2.19. The summed E-state index contributed by atoms with van der Waals surface area (Å²) in [6.45, 7) is 4.48. The fourth-order valence-corrected chi connectivity index (χ4v) is 2.98. The van der Waals surface area contributed by atoms with Gasteiger partial charge in [-0.3, -0.25) is 0 Å². The molecule has 2 N–H and O–H groups in total. The van der Waals surface area contributed by atoms with E-state index in [-0.39, 0.29) is 6.04 Å². The van der Waals surface area contributed by atoms with Crippen molar-refractivity contribution in [2.75, 3.05) is 0 Å². The molecule has 0 saturated carbocycles. The normalized spacial score (nSPS) is 17.8. The van der Waals surface area contributed by atoms with Crippen LogP contribution in [-0.2, 0) is 12.8 Å². The molecular formula is C18H23N3. The summed E-state index contributed by atoms with van der Waals surface area (Å²) < 4.78 is 0. The minimum absolute atomic E-state index is 0.108. The van der Waals surface area contributed by atoms with Crippen LogP contribution >= 0.6 is 0 Å². The van der Waals surface area contributed by atoms with Crippen LogP contribution < -0.4 is 5.73 Å². The van der Waals surface area contributed by atoms with E-state index in [1.807, 2.05) is 6.20 Å². The van der Waals surface area contributed by atoms with E-state index in [4.69, 9.17) is 10.7 Å². The third-order valence-corrected chi connectivity index (χ3v) is 4.08. The van der Waals surface area contributed by atoms with Crippen LogP contribution in [0, 0.1) is 5.92 Å². The van der Waals surface area contributed by atoms with Crippen molar-refractivity contribution in [1.82, 2.24) is 9.97 Å². The molecule has 1 aliphatic rings. The highest BCUT2D eigenvalue weighted by Crippen LogP contribution is 2.27. The lowest BCUT2D eigenvalue weighted by atomic mass is 9.93. The molecule has 110 valence electrons. The van der Waals surface area contributed by atoms with E-state index in [1.165, 1.54) is 5.56 Å². The molecule has 3 rings (SSSR count). The minimum atomic E-state index is 0.108. The summed E-state index contributed by atoms with van der Waals surface area (Å²) >= 11 is 0. The summed E-state index contributed by atoms with van der Waals surface area (Å²) in [5.41, 5.74) is 10.8. The predicted octanol–water partition coefficient (Wildman–Crippen LogP) is 3.68. The van der Waals surface area contributed by atoms with Gasteiger partial charge in [0.2, 0.25) is 0 Å². The molecule has 0 aliphatic heterocycles. The van der Waals surface area contributed by atoms with Crippen molar-refractivity contribution in [3.05, 3.63) is 47.3 Å². The Bertz CT molecular complexity index is 617. The molecule has 1 aromatic heterocycles. The lowest BCUT2D eigenvalue weighted by Gasteiger charge is -2.21. The van der Waals surface area contributed by atoms with Gasteiger partial charge in [0.05, 0.1) is 0 Å². The van der Waals surface area contributed by atoms with E-state index in [9.17, 15) is 0 Å². The number of rotatable bonds is 3. The number of nitrogens with zero attached hydrogens (tertiary/aromatic N) is 2. The van der Waals surface area contributed by atoms with E-state index < -0.39 is 0 Å². The molecule has 0 saturated heterocycles. The van der Waals surface area contributed by atoms with E-state index in [0.29, 0.717) is 5.92 Å². The molecule has 1 aliphatic carbocycles. The van der Waals surface area contributed by atoms with Crippen LogP contribution in [0.2, 0.25) is 0 Å². The van der Waals surface area contributed by atoms with Gasteiger partial charge < -0.3 is 5.73 Å². The van der Waals surface area contributed by atoms with Crippen molar-refractivity contribution >= 4 is 0 Å². The van der Waals surface area contributed by atoms with Crippen molar-refractivity contribution in [3.8, 4) is 11.4 Å². The Morgan fingerprint density at radius 3 is 2.71 bits per heavy atom. The third kappa shape index (κ3) is 3.13. The van der Waals surface area contributed by atoms with Gasteiger partial charge >= 0.3 is 0 Å². The van der Waals surface area contributed by atoms with Gasteiger partial charge in [0.15, 0.2) is 5.82 Å². The summed E-state index contributed by atoms with van der Waals surface area (Å²) in [6, 6.07) is 8.73. The number of aryl methyl sites for hydroxylation is 1. The highest BCUT2D eigenvalue weighted by atomic mass is 14.9. The van der Waals surface area contributed by atoms with Crippen LogP contribution in [0.25, 0.3) is 11.4 Å². The molecule has 3 nitrogen and oxygen atoms in total. The topological polar surface area (TPSA) is 51.8 Å². The first-order valence-corrected chi connectivity index (χ1v) is 7.84. The Morgan fingerprint density at radius 1 is 1.24 bits per heavy atom. The molecule has 2 aromatic rings. The van der Waals surface area contributed by atoms with Crippen LogP contribution in [0.4, 0.5) is 0 Å². The highest BCUT2D eigenvalue weighted by molar-refractivity contribution is 5.56. The molecule has 0 radical (unpaired) electrons. The average molecular weight is 281 g/mol. The second-order valence-electron chi connectivity index (χ2n) is 6.39. The smallest absolute Gasteiger partial charge is 0.159 e. The standard InChI is InChI=1S/C18H23N3/c1-12(2)10-13-6-8-14(9-7-13)18-20-11-15-16(19)4-3-5-17(15)21-18/h6-9,11-12,16H,3-5,10,19H2,1-2H3. The largest absolute Gasteiger partial charge is 0.324 e. The first-order chi connectivity index (χ1) is 10.1. The van der Waals surface area contributed by atoms with E-state index in [2.05, 4.69) is 43.1 Å². The Morgan fingerprint density at radius 2 is 2.00 bits per heavy atom. The Kier molecular flexibility index (Phi) is 4.02. The predicted molar refractivity (Wildman–Crippen MR) is 85.9 cm³/mol. The number of fused-ring (bicyclic) bond motifs is 1. The minimum Gasteiger partial charge on any atom is -0.324 e. The van der Waals surface area contributed by atoms with E-state index in [1.54, 1.807) is 0 Å². The molecule has 1 unspecified atom stereocenters. The van der Waals surface area contributed by atoms with Gasteiger partial charge in [-0.15, -0.1) is 0 Å². The van der Waals surface area contributed by atoms with Gasteiger partial charge in [-0.25, -0.2) is 9.97 Å². The van der Waals surface area contributed by atoms with Crippen molar-refractivity contribution < 1.29 is 0 Å². The Hall–Kier alpha value is -1.74. The van der Waals surface area contributed by atoms with Gasteiger partial charge in [0.25, 0.3) is 0 Å². The molecular weight excluding hydrogens is 258 g/mol. The molecule has 0 fully saturated rings. The van der Waals surface area contributed by atoms with Crippen LogP contribution in [0.5, 0.6) is 0 Å². The van der Waals surface area contributed by atoms with E-state index in [0.717, 1.165) is 48.3 Å². The zero-order valence-corrected chi connectivity index (χ0v) is 12.8. The number of benzene rings is 1. The summed E-state index contributed by atoms with van der Waals surface area (Å²) in [5, 5.41) is 0.